The van der Waals surface area contributed by atoms with Crippen LogP contribution >= 0.6 is 23.2 Å². The molecule has 0 radical (unpaired) electrons. The maximum absolute atomic E-state index is 12.0. The number of hydrogen-bond donors (Lipinski definition) is 2. The number of hydrogen-bond acceptors (Lipinski definition) is 3. The monoisotopic (exact) mass is 338 g/mol. The SMILES string of the molecule is COc1ccccc1NC(=O)CCNc1cc(Cl)ccc1Cl. The number of benzene rings is 2. The number of methoxy groups -OCH3 is 1. The van der Waals surface area contributed by atoms with Gasteiger partial charge in [-0.2, -0.15) is 0 Å². The van der Waals surface area contributed by atoms with Gasteiger partial charge >= 0.3 is 0 Å². The van der Waals surface area contributed by atoms with Crippen LogP contribution in [-0.4, -0.2) is 19.6 Å². The van der Waals surface area contributed by atoms with E-state index >= 15 is 0 Å². The first kappa shape index (κ1) is 16.5. The third kappa shape index (κ3) is 4.55. The lowest BCUT2D eigenvalue weighted by Crippen LogP contribution is -2.16. The molecule has 0 spiro atoms. The molecule has 0 aromatic heterocycles. The maximum atomic E-state index is 12.0. The van der Waals surface area contributed by atoms with Gasteiger partial charge in [0.25, 0.3) is 0 Å². The van der Waals surface area contributed by atoms with E-state index in [1.54, 1.807) is 37.4 Å². The van der Waals surface area contributed by atoms with Gasteiger partial charge < -0.3 is 15.4 Å². The Morgan fingerprint density at radius 1 is 1.14 bits per heavy atom. The molecule has 6 heteroatoms. The summed E-state index contributed by atoms with van der Waals surface area (Å²) in [5, 5.41) is 7.05. The highest BCUT2D eigenvalue weighted by atomic mass is 35.5. The number of ether oxygens (including phenoxy) is 1. The summed E-state index contributed by atoms with van der Waals surface area (Å²) >= 11 is 11.9. The molecule has 0 unspecified atom stereocenters. The Kier molecular flexibility index (Phi) is 5.92. The van der Waals surface area contributed by atoms with Crippen LogP contribution in [0.3, 0.4) is 0 Å². The Morgan fingerprint density at radius 2 is 1.91 bits per heavy atom. The standard InChI is InChI=1S/C16H16Cl2N2O2/c1-22-15-5-3-2-4-13(15)20-16(21)8-9-19-14-10-11(17)6-7-12(14)18/h2-7,10,19H,8-9H2,1H3,(H,20,21). The number of nitrogens with one attached hydrogen (secondary N) is 2. The molecule has 1 amide bonds. The van der Waals surface area contributed by atoms with Gasteiger partial charge in [0.2, 0.25) is 5.91 Å². The van der Waals surface area contributed by atoms with Gasteiger partial charge in [0.05, 0.1) is 23.5 Å². The summed E-state index contributed by atoms with van der Waals surface area (Å²) in [6.45, 7) is 0.445. The van der Waals surface area contributed by atoms with Crippen LogP contribution < -0.4 is 15.4 Å². The lowest BCUT2D eigenvalue weighted by atomic mass is 10.2. The average Bonchev–Trinajstić information content (AvgIpc) is 2.51. The first-order valence-corrected chi connectivity index (χ1v) is 7.47. The summed E-state index contributed by atoms with van der Waals surface area (Å²) in [7, 11) is 1.56. The minimum atomic E-state index is -0.116. The maximum Gasteiger partial charge on any atom is 0.226 e. The van der Waals surface area contributed by atoms with E-state index in [0.717, 1.165) is 0 Å². The fourth-order valence-corrected chi connectivity index (χ4v) is 2.26. The van der Waals surface area contributed by atoms with E-state index in [1.165, 1.54) is 0 Å². The summed E-state index contributed by atoms with van der Waals surface area (Å²) in [4.78, 5) is 12.0. The first-order chi connectivity index (χ1) is 10.6. The Hall–Kier alpha value is -1.91. The van der Waals surface area contributed by atoms with Gasteiger partial charge in [0.1, 0.15) is 5.75 Å². The molecule has 0 fully saturated rings. The number of carbonyl (C=O) groups excluding carboxylic acids is 1. The van der Waals surface area contributed by atoms with E-state index in [1.807, 2.05) is 12.1 Å². The van der Waals surface area contributed by atoms with Gasteiger partial charge in [-0.3, -0.25) is 4.79 Å². The summed E-state index contributed by atoms with van der Waals surface area (Å²) < 4.78 is 5.19. The predicted molar refractivity (Wildman–Crippen MR) is 91.2 cm³/mol. The minimum absolute atomic E-state index is 0.116. The molecule has 2 rings (SSSR count). The zero-order chi connectivity index (χ0) is 15.9. The van der Waals surface area contributed by atoms with Crippen molar-refractivity contribution >= 4 is 40.5 Å². The van der Waals surface area contributed by atoms with Gasteiger partial charge in [-0.1, -0.05) is 35.3 Å². The molecule has 2 N–H and O–H groups in total. The summed E-state index contributed by atoms with van der Waals surface area (Å²) in [6.07, 6.45) is 0.293. The van der Waals surface area contributed by atoms with Crippen LogP contribution in [0.4, 0.5) is 11.4 Å². The van der Waals surface area contributed by atoms with Crippen molar-refractivity contribution in [2.45, 2.75) is 6.42 Å². The first-order valence-electron chi connectivity index (χ1n) is 6.72. The Balaban J connectivity index is 1.87. The van der Waals surface area contributed by atoms with Gasteiger partial charge in [0.15, 0.2) is 0 Å². The molecule has 0 aliphatic heterocycles. The smallest absolute Gasteiger partial charge is 0.226 e. The molecule has 0 bridgehead atoms. The van der Waals surface area contributed by atoms with Crippen molar-refractivity contribution in [2.75, 3.05) is 24.3 Å². The number of anilines is 2. The van der Waals surface area contributed by atoms with Crippen LogP contribution in [-0.2, 0) is 4.79 Å². The van der Waals surface area contributed by atoms with Crippen LogP contribution in [0.2, 0.25) is 10.0 Å². The minimum Gasteiger partial charge on any atom is -0.495 e. The van der Waals surface area contributed by atoms with Gasteiger partial charge in [-0.15, -0.1) is 0 Å². The number of halogens is 2. The molecule has 2 aromatic carbocycles. The molecule has 0 aliphatic rings. The van der Waals surface area contributed by atoms with Crippen LogP contribution in [0.1, 0.15) is 6.42 Å². The van der Waals surface area contributed by atoms with E-state index in [-0.39, 0.29) is 5.91 Å². The molecule has 0 saturated heterocycles. The molecular weight excluding hydrogens is 323 g/mol. The molecule has 0 atom stereocenters. The molecule has 0 heterocycles. The Labute approximate surface area is 139 Å². The lowest BCUT2D eigenvalue weighted by molar-refractivity contribution is -0.115. The number of rotatable bonds is 6. The highest BCUT2D eigenvalue weighted by Gasteiger charge is 2.07. The number of para-hydroxylation sites is 2. The molecule has 4 nitrogen and oxygen atoms in total. The van der Waals surface area contributed by atoms with Crippen LogP contribution in [0.15, 0.2) is 42.5 Å². The molecular formula is C16H16Cl2N2O2. The topological polar surface area (TPSA) is 50.4 Å². The predicted octanol–water partition coefficient (Wildman–Crippen LogP) is 4.44. The zero-order valence-corrected chi connectivity index (χ0v) is 13.5. The van der Waals surface area contributed by atoms with Gasteiger partial charge in [-0.25, -0.2) is 0 Å². The van der Waals surface area contributed by atoms with E-state index in [4.69, 9.17) is 27.9 Å². The second-order valence-electron chi connectivity index (χ2n) is 4.55. The van der Waals surface area contributed by atoms with E-state index in [0.29, 0.717) is 40.1 Å². The fraction of sp³-hybridized carbons (Fsp3) is 0.188. The highest BCUT2D eigenvalue weighted by Crippen LogP contribution is 2.25. The Bertz CT molecular complexity index is 662. The lowest BCUT2D eigenvalue weighted by Gasteiger charge is -2.11. The largest absolute Gasteiger partial charge is 0.495 e. The highest BCUT2D eigenvalue weighted by molar-refractivity contribution is 6.35. The van der Waals surface area contributed by atoms with Gasteiger partial charge in [-0.05, 0) is 30.3 Å². The van der Waals surface area contributed by atoms with Crippen molar-refractivity contribution in [1.29, 1.82) is 0 Å². The third-order valence-electron chi connectivity index (χ3n) is 2.98. The normalized spacial score (nSPS) is 10.1. The number of carbonyl (C=O) groups is 1. The second-order valence-corrected chi connectivity index (χ2v) is 5.39. The van der Waals surface area contributed by atoms with Crippen molar-refractivity contribution in [1.82, 2.24) is 0 Å². The molecule has 22 heavy (non-hydrogen) atoms. The summed E-state index contributed by atoms with van der Waals surface area (Å²) in [5.74, 6) is 0.511. The summed E-state index contributed by atoms with van der Waals surface area (Å²) in [6, 6.07) is 12.4. The van der Waals surface area contributed by atoms with E-state index in [9.17, 15) is 4.79 Å². The zero-order valence-electron chi connectivity index (χ0n) is 12.0. The van der Waals surface area contributed by atoms with Crippen molar-refractivity contribution in [3.05, 3.63) is 52.5 Å². The van der Waals surface area contributed by atoms with Crippen molar-refractivity contribution in [3.8, 4) is 5.75 Å². The fourth-order valence-electron chi connectivity index (χ4n) is 1.90. The Morgan fingerprint density at radius 3 is 2.68 bits per heavy atom. The van der Waals surface area contributed by atoms with Crippen LogP contribution in [0.5, 0.6) is 5.75 Å². The quantitative estimate of drug-likeness (QED) is 0.818. The van der Waals surface area contributed by atoms with Crippen molar-refractivity contribution in [2.24, 2.45) is 0 Å². The molecule has 0 saturated carbocycles. The van der Waals surface area contributed by atoms with E-state index in [2.05, 4.69) is 10.6 Å². The van der Waals surface area contributed by atoms with Gasteiger partial charge in [0, 0.05) is 18.0 Å². The average molecular weight is 339 g/mol. The molecule has 2 aromatic rings. The summed E-state index contributed by atoms with van der Waals surface area (Å²) in [5.41, 5.74) is 1.36. The second kappa shape index (κ2) is 7.92. The third-order valence-corrected chi connectivity index (χ3v) is 3.54. The van der Waals surface area contributed by atoms with Crippen molar-refractivity contribution < 1.29 is 9.53 Å². The van der Waals surface area contributed by atoms with E-state index < -0.39 is 0 Å². The van der Waals surface area contributed by atoms with Crippen LogP contribution in [0.25, 0.3) is 0 Å². The molecule has 116 valence electrons. The van der Waals surface area contributed by atoms with Crippen LogP contribution in [0, 0.1) is 0 Å². The van der Waals surface area contributed by atoms with Crippen molar-refractivity contribution in [3.63, 3.8) is 0 Å². The molecule has 0 aliphatic carbocycles. The number of amides is 1.